The molecule has 0 fully saturated rings. The molecule has 0 aliphatic rings. The predicted molar refractivity (Wildman–Crippen MR) is 89.8 cm³/mol. The van der Waals surface area contributed by atoms with E-state index in [9.17, 15) is 23.2 Å². The van der Waals surface area contributed by atoms with Gasteiger partial charge in [0.1, 0.15) is 28.2 Å². The van der Waals surface area contributed by atoms with Crippen LogP contribution in [0.4, 0.5) is 13.2 Å². The van der Waals surface area contributed by atoms with Crippen LogP contribution in [0.25, 0.3) is 11.3 Å². The number of hydrogen-bond donors (Lipinski definition) is 1. The summed E-state index contributed by atoms with van der Waals surface area (Å²) < 4.78 is 43.0. The second-order valence-corrected chi connectivity index (χ2v) is 5.68. The maximum absolute atomic E-state index is 14.3. The standard InChI is InChI=1S/C17H14ClF3N2O2/c1-4-23-16(14-12(20)5-9(19)6-13(14)21)10(7-11(18)17(23)24)15(22-25)8(2)3/h5-7,25H,2,4H2,1,3H3. The number of nitrogens with zero attached hydrogens (tertiary/aromatic N) is 2. The molecule has 1 N–H and O–H groups in total. The molecule has 0 bridgehead atoms. The topological polar surface area (TPSA) is 54.6 Å². The first kappa shape index (κ1) is 18.8. The van der Waals surface area contributed by atoms with Gasteiger partial charge in [-0.25, -0.2) is 13.2 Å². The van der Waals surface area contributed by atoms with E-state index in [0.29, 0.717) is 12.1 Å². The Balaban J connectivity index is 3.06. The van der Waals surface area contributed by atoms with E-state index in [4.69, 9.17) is 11.6 Å². The number of halogens is 4. The van der Waals surface area contributed by atoms with Crippen molar-refractivity contribution in [3.05, 3.63) is 68.7 Å². The van der Waals surface area contributed by atoms with Gasteiger partial charge in [0.05, 0.1) is 11.3 Å². The Hall–Kier alpha value is -2.54. The molecule has 0 aliphatic carbocycles. The molecule has 1 heterocycles. The third-order valence-corrected chi connectivity index (χ3v) is 3.84. The van der Waals surface area contributed by atoms with E-state index in [-0.39, 0.29) is 34.1 Å². The highest BCUT2D eigenvalue weighted by atomic mass is 35.5. The number of oxime groups is 1. The minimum atomic E-state index is -1.21. The van der Waals surface area contributed by atoms with Crippen molar-refractivity contribution in [2.75, 3.05) is 0 Å². The smallest absolute Gasteiger partial charge is 0.269 e. The highest BCUT2D eigenvalue weighted by Gasteiger charge is 2.25. The quantitative estimate of drug-likeness (QED) is 0.494. The van der Waals surface area contributed by atoms with Crippen LogP contribution in [-0.4, -0.2) is 15.5 Å². The Morgan fingerprint density at radius 1 is 1.28 bits per heavy atom. The molecular formula is C17H14ClF3N2O2. The lowest BCUT2D eigenvalue weighted by Gasteiger charge is -2.18. The molecule has 2 aromatic rings. The zero-order valence-corrected chi connectivity index (χ0v) is 14.2. The molecule has 0 saturated heterocycles. The lowest BCUT2D eigenvalue weighted by atomic mass is 9.97. The predicted octanol–water partition coefficient (Wildman–Crippen LogP) is 4.36. The molecule has 0 aliphatic heterocycles. The van der Waals surface area contributed by atoms with E-state index in [1.54, 1.807) is 6.92 Å². The molecule has 0 radical (unpaired) electrons. The van der Waals surface area contributed by atoms with Gasteiger partial charge in [0, 0.05) is 24.2 Å². The number of aromatic nitrogens is 1. The molecular weight excluding hydrogens is 357 g/mol. The summed E-state index contributed by atoms with van der Waals surface area (Å²) in [7, 11) is 0. The van der Waals surface area contributed by atoms with Crippen LogP contribution >= 0.6 is 11.6 Å². The molecule has 0 unspecified atom stereocenters. The van der Waals surface area contributed by atoms with Crippen LogP contribution in [0.15, 0.2) is 40.3 Å². The molecule has 8 heteroatoms. The first-order valence-electron chi connectivity index (χ1n) is 7.19. The van der Waals surface area contributed by atoms with Gasteiger partial charge in [-0.05, 0) is 25.5 Å². The second kappa shape index (κ2) is 7.14. The fourth-order valence-electron chi connectivity index (χ4n) is 2.52. The van der Waals surface area contributed by atoms with Gasteiger partial charge in [0.15, 0.2) is 0 Å². The van der Waals surface area contributed by atoms with Crippen LogP contribution in [0.3, 0.4) is 0 Å². The Bertz CT molecular complexity index is 929. The van der Waals surface area contributed by atoms with Crippen LogP contribution in [-0.2, 0) is 6.54 Å². The Morgan fingerprint density at radius 3 is 2.28 bits per heavy atom. The van der Waals surface area contributed by atoms with Crippen molar-refractivity contribution in [2.45, 2.75) is 20.4 Å². The van der Waals surface area contributed by atoms with Crippen molar-refractivity contribution in [3.8, 4) is 11.3 Å². The van der Waals surface area contributed by atoms with E-state index in [2.05, 4.69) is 11.7 Å². The lowest BCUT2D eigenvalue weighted by molar-refractivity contribution is 0.319. The molecule has 0 saturated carbocycles. The van der Waals surface area contributed by atoms with Crippen molar-refractivity contribution >= 4 is 17.3 Å². The summed E-state index contributed by atoms with van der Waals surface area (Å²) >= 11 is 5.92. The molecule has 132 valence electrons. The van der Waals surface area contributed by atoms with Crippen LogP contribution < -0.4 is 5.56 Å². The first-order chi connectivity index (χ1) is 11.7. The first-order valence-corrected chi connectivity index (χ1v) is 7.57. The number of allylic oxidation sites excluding steroid dienone is 1. The molecule has 1 aromatic carbocycles. The van der Waals surface area contributed by atoms with Gasteiger partial charge in [0.2, 0.25) is 0 Å². The Kier molecular flexibility index (Phi) is 5.37. The number of benzene rings is 1. The molecule has 2 rings (SSSR count). The van der Waals surface area contributed by atoms with E-state index in [1.807, 2.05) is 0 Å². The minimum absolute atomic E-state index is 0.00846. The van der Waals surface area contributed by atoms with E-state index < -0.39 is 28.6 Å². The van der Waals surface area contributed by atoms with Gasteiger partial charge in [-0.15, -0.1) is 0 Å². The van der Waals surface area contributed by atoms with Crippen molar-refractivity contribution in [1.82, 2.24) is 4.57 Å². The van der Waals surface area contributed by atoms with Gasteiger partial charge in [0.25, 0.3) is 5.56 Å². The molecule has 0 amide bonds. The third kappa shape index (κ3) is 3.32. The summed E-state index contributed by atoms with van der Waals surface area (Å²) in [5.41, 5.74) is -1.39. The number of hydrogen-bond acceptors (Lipinski definition) is 3. The number of pyridine rings is 1. The van der Waals surface area contributed by atoms with E-state index in [1.165, 1.54) is 6.92 Å². The zero-order valence-electron chi connectivity index (χ0n) is 13.4. The average molecular weight is 371 g/mol. The van der Waals surface area contributed by atoms with Crippen molar-refractivity contribution in [2.24, 2.45) is 5.16 Å². The summed E-state index contributed by atoms with van der Waals surface area (Å²) in [5.74, 6) is -3.51. The van der Waals surface area contributed by atoms with Gasteiger partial charge in [-0.3, -0.25) is 4.79 Å². The van der Waals surface area contributed by atoms with Gasteiger partial charge >= 0.3 is 0 Å². The molecule has 1 aromatic heterocycles. The normalized spacial score (nSPS) is 11.7. The van der Waals surface area contributed by atoms with Crippen molar-refractivity contribution in [1.29, 1.82) is 0 Å². The van der Waals surface area contributed by atoms with Gasteiger partial charge in [-0.2, -0.15) is 0 Å². The molecule has 4 nitrogen and oxygen atoms in total. The Labute approximate surface area is 146 Å². The van der Waals surface area contributed by atoms with Crippen molar-refractivity contribution < 1.29 is 18.4 Å². The number of rotatable bonds is 4. The summed E-state index contributed by atoms with van der Waals surface area (Å²) in [6.45, 7) is 6.73. The van der Waals surface area contributed by atoms with Crippen LogP contribution in [0.1, 0.15) is 19.4 Å². The maximum Gasteiger partial charge on any atom is 0.269 e. The van der Waals surface area contributed by atoms with Gasteiger partial charge in [-0.1, -0.05) is 23.3 Å². The van der Waals surface area contributed by atoms with E-state index in [0.717, 1.165) is 10.6 Å². The fraction of sp³-hybridized carbons (Fsp3) is 0.176. The van der Waals surface area contributed by atoms with Gasteiger partial charge < -0.3 is 9.77 Å². The SMILES string of the molecule is C=C(C)C(=NO)c1cc(Cl)c(=O)n(CC)c1-c1c(F)cc(F)cc1F. The second-order valence-electron chi connectivity index (χ2n) is 5.28. The molecule has 0 spiro atoms. The third-order valence-electron chi connectivity index (χ3n) is 3.56. The van der Waals surface area contributed by atoms with Crippen LogP contribution in [0.2, 0.25) is 5.02 Å². The molecule has 25 heavy (non-hydrogen) atoms. The summed E-state index contributed by atoms with van der Waals surface area (Å²) in [5, 5.41) is 12.1. The maximum atomic E-state index is 14.3. The highest BCUT2D eigenvalue weighted by molar-refractivity contribution is 6.31. The van der Waals surface area contributed by atoms with E-state index >= 15 is 0 Å². The Morgan fingerprint density at radius 2 is 1.84 bits per heavy atom. The van der Waals surface area contributed by atoms with Crippen LogP contribution in [0.5, 0.6) is 0 Å². The monoisotopic (exact) mass is 370 g/mol. The molecule has 0 atom stereocenters. The lowest BCUT2D eigenvalue weighted by Crippen LogP contribution is -2.25. The largest absolute Gasteiger partial charge is 0.410 e. The summed E-state index contributed by atoms with van der Waals surface area (Å²) in [4.78, 5) is 12.3. The average Bonchev–Trinajstić information content (AvgIpc) is 2.51. The van der Waals surface area contributed by atoms with Crippen molar-refractivity contribution in [3.63, 3.8) is 0 Å². The highest BCUT2D eigenvalue weighted by Crippen LogP contribution is 2.31. The summed E-state index contributed by atoms with van der Waals surface area (Å²) in [6, 6.07) is 2.13. The zero-order chi connectivity index (χ0) is 18.9. The summed E-state index contributed by atoms with van der Waals surface area (Å²) in [6.07, 6.45) is 0. The fourth-order valence-corrected chi connectivity index (χ4v) is 2.73. The minimum Gasteiger partial charge on any atom is -0.410 e. The van der Waals surface area contributed by atoms with Crippen LogP contribution in [0, 0.1) is 17.5 Å².